The number of hydrogen-bond donors (Lipinski definition) is 0. The van der Waals surface area contributed by atoms with Gasteiger partial charge in [0, 0.05) is 18.8 Å². The first-order valence-electron chi connectivity index (χ1n) is 8.06. The summed E-state index contributed by atoms with van der Waals surface area (Å²) in [6, 6.07) is 5.33. The highest BCUT2D eigenvalue weighted by Crippen LogP contribution is 2.34. The second-order valence-electron chi connectivity index (χ2n) is 5.69. The molecule has 3 aromatic rings. The summed E-state index contributed by atoms with van der Waals surface area (Å²) in [5.74, 6) is -0.139. The number of anilines is 1. The first-order valence-corrected chi connectivity index (χ1v) is 9.76. The maximum Gasteiger partial charge on any atom is 0.416 e. The van der Waals surface area contributed by atoms with Gasteiger partial charge in [0.05, 0.1) is 27.0 Å². The third-order valence-corrected chi connectivity index (χ3v) is 5.75. The van der Waals surface area contributed by atoms with Crippen LogP contribution >= 0.6 is 22.7 Å². The van der Waals surface area contributed by atoms with Crippen LogP contribution in [-0.2, 0) is 11.0 Å². The summed E-state index contributed by atoms with van der Waals surface area (Å²) >= 11 is 2.40. The van der Waals surface area contributed by atoms with E-state index >= 15 is 0 Å². The molecule has 0 bridgehead atoms. The van der Waals surface area contributed by atoms with Crippen LogP contribution in [0.15, 0.2) is 23.6 Å². The SMILES string of the molecule is CCN(C(C)=O)c1nc(/C=C(\C#N)c2nc3cc(C(F)(F)F)ccc3s2)cs1. The number of nitriles is 1. The molecule has 1 aromatic carbocycles. The fourth-order valence-electron chi connectivity index (χ4n) is 2.47. The lowest BCUT2D eigenvalue weighted by Gasteiger charge is -2.14. The maximum atomic E-state index is 12.9. The van der Waals surface area contributed by atoms with Crippen LogP contribution in [0.2, 0.25) is 0 Å². The third kappa shape index (κ3) is 4.05. The summed E-state index contributed by atoms with van der Waals surface area (Å²) in [6.07, 6.45) is -2.94. The molecule has 0 aliphatic heterocycles. The largest absolute Gasteiger partial charge is 0.416 e. The van der Waals surface area contributed by atoms with E-state index in [0.717, 1.165) is 23.5 Å². The number of alkyl halides is 3. The minimum Gasteiger partial charge on any atom is -0.289 e. The van der Waals surface area contributed by atoms with E-state index in [4.69, 9.17) is 0 Å². The predicted octanol–water partition coefficient (Wildman–Crippen LogP) is 5.21. The van der Waals surface area contributed by atoms with Gasteiger partial charge in [-0.2, -0.15) is 18.4 Å². The maximum absolute atomic E-state index is 12.9. The van der Waals surface area contributed by atoms with E-state index in [1.807, 2.05) is 13.0 Å². The van der Waals surface area contributed by atoms with E-state index in [-0.39, 0.29) is 17.0 Å². The first kappa shape index (κ1) is 20.0. The van der Waals surface area contributed by atoms with Crippen molar-refractivity contribution in [3.63, 3.8) is 0 Å². The number of thiazole rings is 2. The molecule has 0 unspecified atom stereocenters. The summed E-state index contributed by atoms with van der Waals surface area (Å²) in [6.45, 7) is 3.74. The fraction of sp³-hybridized carbons (Fsp3) is 0.222. The van der Waals surface area contributed by atoms with Crippen LogP contribution in [0.3, 0.4) is 0 Å². The molecule has 10 heteroatoms. The quantitative estimate of drug-likeness (QED) is 0.541. The minimum absolute atomic E-state index is 0.139. The van der Waals surface area contributed by atoms with E-state index in [1.54, 1.807) is 5.38 Å². The number of aromatic nitrogens is 2. The van der Waals surface area contributed by atoms with Gasteiger partial charge < -0.3 is 0 Å². The molecule has 1 amide bonds. The van der Waals surface area contributed by atoms with Gasteiger partial charge in [-0.3, -0.25) is 9.69 Å². The number of benzene rings is 1. The molecule has 2 aromatic heterocycles. The lowest BCUT2D eigenvalue weighted by atomic mass is 10.2. The monoisotopic (exact) mass is 422 g/mol. The summed E-state index contributed by atoms with van der Waals surface area (Å²) < 4.78 is 39.1. The molecule has 0 spiro atoms. The standard InChI is InChI=1S/C18H13F3N4OS2/c1-3-25(10(2)26)17-23-13(9-27-17)6-11(8-22)16-24-14-7-12(18(19,20)21)4-5-15(14)28-16/h4-7,9H,3H2,1-2H3/b11-6+. The highest BCUT2D eigenvalue weighted by Gasteiger charge is 2.30. The van der Waals surface area contributed by atoms with Crippen molar-refractivity contribution in [2.45, 2.75) is 20.0 Å². The van der Waals surface area contributed by atoms with Crippen LogP contribution in [0.4, 0.5) is 18.3 Å². The van der Waals surface area contributed by atoms with E-state index < -0.39 is 11.7 Å². The zero-order valence-corrected chi connectivity index (χ0v) is 16.4. The lowest BCUT2D eigenvalue weighted by Crippen LogP contribution is -2.27. The second kappa shape index (κ2) is 7.69. The zero-order valence-electron chi connectivity index (χ0n) is 14.7. The number of carbonyl (C=O) groups excluding carboxylic acids is 1. The summed E-state index contributed by atoms with van der Waals surface area (Å²) in [5, 5.41) is 12.0. The Morgan fingerprint density at radius 1 is 1.36 bits per heavy atom. The molecular weight excluding hydrogens is 409 g/mol. The molecule has 5 nitrogen and oxygen atoms in total. The Hall–Kier alpha value is -2.77. The van der Waals surface area contributed by atoms with Crippen LogP contribution in [0, 0.1) is 11.3 Å². The van der Waals surface area contributed by atoms with Gasteiger partial charge in [0.2, 0.25) is 5.91 Å². The number of carbonyl (C=O) groups is 1. The smallest absolute Gasteiger partial charge is 0.289 e. The highest BCUT2D eigenvalue weighted by molar-refractivity contribution is 7.19. The Labute approximate surface area is 166 Å². The van der Waals surface area contributed by atoms with E-state index in [9.17, 15) is 23.2 Å². The van der Waals surface area contributed by atoms with E-state index in [1.165, 1.54) is 35.3 Å². The number of amides is 1. The molecule has 0 aliphatic carbocycles. The molecule has 0 saturated heterocycles. The first-order chi connectivity index (χ1) is 13.2. The van der Waals surface area contributed by atoms with Gasteiger partial charge in [-0.25, -0.2) is 9.97 Å². The number of halogens is 3. The van der Waals surface area contributed by atoms with Crippen LogP contribution < -0.4 is 4.90 Å². The Morgan fingerprint density at radius 2 is 2.11 bits per heavy atom. The summed E-state index contributed by atoms with van der Waals surface area (Å²) in [4.78, 5) is 21.6. The highest BCUT2D eigenvalue weighted by atomic mass is 32.1. The van der Waals surface area contributed by atoms with Crippen molar-refractivity contribution in [2.24, 2.45) is 0 Å². The second-order valence-corrected chi connectivity index (χ2v) is 7.55. The van der Waals surface area contributed by atoms with Crippen molar-refractivity contribution in [1.82, 2.24) is 9.97 Å². The molecule has 0 aliphatic rings. The molecule has 28 heavy (non-hydrogen) atoms. The predicted molar refractivity (Wildman–Crippen MR) is 104 cm³/mol. The number of fused-ring (bicyclic) bond motifs is 1. The summed E-state index contributed by atoms with van der Waals surface area (Å²) in [5.41, 5.74) is 0.0695. The Balaban J connectivity index is 1.96. The average Bonchev–Trinajstić information content (AvgIpc) is 3.25. The number of allylic oxidation sites excluding steroid dienone is 1. The van der Waals surface area contributed by atoms with Gasteiger partial charge in [-0.15, -0.1) is 22.7 Å². The van der Waals surface area contributed by atoms with Crippen molar-refractivity contribution in [2.75, 3.05) is 11.4 Å². The van der Waals surface area contributed by atoms with Crippen molar-refractivity contribution in [1.29, 1.82) is 5.26 Å². The van der Waals surface area contributed by atoms with E-state index in [0.29, 0.717) is 27.1 Å². The fourth-order valence-corrected chi connectivity index (χ4v) is 4.27. The van der Waals surface area contributed by atoms with Gasteiger partial charge in [0.25, 0.3) is 0 Å². The number of nitrogens with zero attached hydrogens (tertiary/aromatic N) is 4. The molecular formula is C18H13F3N4OS2. The van der Waals surface area contributed by atoms with Crippen LogP contribution in [0.5, 0.6) is 0 Å². The van der Waals surface area contributed by atoms with Crippen LogP contribution in [-0.4, -0.2) is 22.4 Å². The van der Waals surface area contributed by atoms with Gasteiger partial charge in [-0.1, -0.05) is 0 Å². The molecule has 144 valence electrons. The van der Waals surface area contributed by atoms with Gasteiger partial charge in [0.15, 0.2) is 5.13 Å². The molecule has 0 saturated carbocycles. The van der Waals surface area contributed by atoms with Gasteiger partial charge >= 0.3 is 6.18 Å². The number of hydrogen-bond acceptors (Lipinski definition) is 6. The zero-order chi connectivity index (χ0) is 20.5. The van der Waals surface area contributed by atoms with Crippen LogP contribution in [0.25, 0.3) is 21.9 Å². The lowest BCUT2D eigenvalue weighted by molar-refractivity contribution is -0.137. The molecule has 0 radical (unpaired) electrons. The Bertz CT molecular complexity index is 1110. The average molecular weight is 422 g/mol. The van der Waals surface area contributed by atoms with Crippen molar-refractivity contribution >= 4 is 55.6 Å². The molecule has 0 fully saturated rings. The number of rotatable bonds is 4. The normalized spacial score (nSPS) is 12.2. The van der Waals surface area contributed by atoms with Crippen molar-refractivity contribution < 1.29 is 18.0 Å². The van der Waals surface area contributed by atoms with Crippen molar-refractivity contribution in [3.8, 4) is 6.07 Å². The molecule has 0 atom stereocenters. The Kier molecular flexibility index (Phi) is 5.49. The Morgan fingerprint density at radius 3 is 2.71 bits per heavy atom. The third-order valence-electron chi connectivity index (χ3n) is 3.80. The summed E-state index contributed by atoms with van der Waals surface area (Å²) in [7, 11) is 0. The topological polar surface area (TPSA) is 69.9 Å². The van der Waals surface area contributed by atoms with E-state index in [2.05, 4.69) is 9.97 Å². The minimum atomic E-state index is -4.45. The van der Waals surface area contributed by atoms with Gasteiger partial charge in [-0.05, 0) is 31.2 Å². The van der Waals surface area contributed by atoms with Gasteiger partial charge in [0.1, 0.15) is 11.1 Å². The molecule has 0 N–H and O–H groups in total. The van der Waals surface area contributed by atoms with Crippen molar-refractivity contribution in [3.05, 3.63) is 39.8 Å². The van der Waals surface area contributed by atoms with Crippen LogP contribution in [0.1, 0.15) is 30.1 Å². The molecule has 2 heterocycles. The molecule has 3 rings (SSSR count).